The number of benzene rings is 1. The summed E-state index contributed by atoms with van der Waals surface area (Å²) >= 11 is 15.4. The van der Waals surface area contributed by atoms with E-state index in [-0.39, 0.29) is 5.41 Å². The molecule has 6 heteroatoms. The van der Waals surface area contributed by atoms with Gasteiger partial charge >= 0.3 is 0 Å². The van der Waals surface area contributed by atoms with Gasteiger partial charge in [0.05, 0.1) is 25.9 Å². The quantitative estimate of drug-likeness (QED) is 0.790. The van der Waals surface area contributed by atoms with Gasteiger partial charge in [-0.1, -0.05) is 44.0 Å². The Kier molecular flexibility index (Phi) is 3.87. The van der Waals surface area contributed by atoms with Crippen LogP contribution in [0.2, 0.25) is 10.0 Å². The van der Waals surface area contributed by atoms with Crippen molar-refractivity contribution >= 4 is 44.9 Å². The second kappa shape index (κ2) is 5.00. The highest BCUT2D eigenvalue weighted by Crippen LogP contribution is 2.35. The molecule has 1 aromatic heterocycles. The van der Waals surface area contributed by atoms with E-state index < -0.39 is 0 Å². The van der Waals surface area contributed by atoms with E-state index in [1.807, 2.05) is 6.07 Å². The molecule has 0 fully saturated rings. The first-order valence-corrected chi connectivity index (χ1v) is 7.26. The van der Waals surface area contributed by atoms with Crippen molar-refractivity contribution in [2.45, 2.75) is 26.2 Å². The highest BCUT2D eigenvalue weighted by Gasteiger charge is 2.25. The van der Waals surface area contributed by atoms with Gasteiger partial charge in [0.15, 0.2) is 0 Å². The molecule has 2 N–H and O–H groups in total. The van der Waals surface area contributed by atoms with Gasteiger partial charge in [0.2, 0.25) is 0 Å². The molecule has 3 nitrogen and oxygen atoms in total. The van der Waals surface area contributed by atoms with Gasteiger partial charge in [0, 0.05) is 5.41 Å². The van der Waals surface area contributed by atoms with Crippen molar-refractivity contribution in [3.8, 4) is 5.69 Å². The molecule has 2 rings (SSSR count). The molecule has 0 radical (unpaired) electrons. The first kappa shape index (κ1) is 14.7. The van der Waals surface area contributed by atoms with E-state index in [9.17, 15) is 0 Å². The normalized spacial score (nSPS) is 11.9. The third-order valence-corrected chi connectivity index (χ3v) is 4.24. The predicted molar refractivity (Wildman–Crippen MR) is 84.4 cm³/mol. The largest absolute Gasteiger partial charge is 0.383 e. The lowest BCUT2D eigenvalue weighted by molar-refractivity contribution is 0.558. The molecule has 0 bridgehead atoms. The number of aromatic nitrogens is 2. The molecule has 0 aliphatic rings. The molecule has 1 heterocycles. The number of hydrogen-bond acceptors (Lipinski definition) is 2. The Morgan fingerprint density at radius 1 is 1.21 bits per heavy atom. The molecule has 0 spiro atoms. The van der Waals surface area contributed by atoms with Crippen molar-refractivity contribution < 1.29 is 0 Å². The zero-order valence-electron chi connectivity index (χ0n) is 10.8. The van der Waals surface area contributed by atoms with Gasteiger partial charge in [0.1, 0.15) is 5.82 Å². The van der Waals surface area contributed by atoms with Crippen LogP contribution in [0.5, 0.6) is 0 Å². The summed E-state index contributed by atoms with van der Waals surface area (Å²) < 4.78 is 2.47. The number of nitrogen functional groups attached to an aromatic ring is 1. The monoisotopic (exact) mass is 361 g/mol. The number of hydrogen-bond donors (Lipinski definition) is 1. The summed E-state index contributed by atoms with van der Waals surface area (Å²) in [6.45, 7) is 6.25. The third-order valence-electron chi connectivity index (χ3n) is 2.72. The minimum absolute atomic E-state index is 0.103. The Morgan fingerprint density at radius 2 is 1.84 bits per heavy atom. The molecule has 0 aliphatic heterocycles. The smallest absolute Gasteiger partial charge is 0.141 e. The summed E-state index contributed by atoms with van der Waals surface area (Å²) in [6, 6.07) is 5.30. The topological polar surface area (TPSA) is 43.8 Å². The fourth-order valence-electron chi connectivity index (χ4n) is 1.70. The van der Waals surface area contributed by atoms with Gasteiger partial charge in [-0.3, -0.25) is 0 Å². The molecule has 0 amide bonds. The van der Waals surface area contributed by atoms with Gasteiger partial charge in [-0.2, -0.15) is 5.10 Å². The zero-order valence-corrected chi connectivity index (χ0v) is 13.9. The zero-order chi connectivity index (χ0) is 14.4. The second-order valence-corrected chi connectivity index (χ2v) is 6.92. The Bertz CT molecular complexity index is 630. The maximum atomic E-state index is 6.10. The van der Waals surface area contributed by atoms with Crippen LogP contribution in [-0.2, 0) is 5.41 Å². The average Bonchev–Trinajstić information content (AvgIpc) is 2.60. The minimum Gasteiger partial charge on any atom is -0.383 e. The highest BCUT2D eigenvalue weighted by molar-refractivity contribution is 9.10. The Morgan fingerprint density at radius 3 is 2.32 bits per heavy atom. The molecule has 0 atom stereocenters. The molecule has 0 aliphatic carbocycles. The van der Waals surface area contributed by atoms with Crippen LogP contribution in [0.4, 0.5) is 5.82 Å². The third kappa shape index (κ3) is 2.76. The van der Waals surface area contributed by atoms with Crippen LogP contribution in [0.1, 0.15) is 26.5 Å². The van der Waals surface area contributed by atoms with Crippen LogP contribution >= 0.6 is 39.1 Å². The number of halogens is 3. The number of rotatable bonds is 1. The SMILES string of the molecule is CC(C)(C)c1nn(-c2ccc(Cl)c(Cl)c2)c(N)c1Br. The van der Waals surface area contributed by atoms with E-state index in [1.165, 1.54) is 0 Å². The fourth-order valence-corrected chi connectivity index (χ4v) is 2.84. The first-order valence-electron chi connectivity index (χ1n) is 5.71. The Balaban J connectivity index is 2.60. The fraction of sp³-hybridized carbons (Fsp3) is 0.308. The van der Waals surface area contributed by atoms with E-state index in [1.54, 1.807) is 16.8 Å². The van der Waals surface area contributed by atoms with E-state index in [0.29, 0.717) is 15.9 Å². The molecular weight excluding hydrogens is 349 g/mol. The maximum Gasteiger partial charge on any atom is 0.141 e. The molecule has 102 valence electrons. The lowest BCUT2D eigenvalue weighted by Crippen LogP contribution is -2.13. The molecule has 2 aromatic rings. The van der Waals surface area contributed by atoms with Crippen molar-refractivity contribution in [1.29, 1.82) is 0 Å². The van der Waals surface area contributed by atoms with E-state index in [2.05, 4.69) is 41.8 Å². The van der Waals surface area contributed by atoms with Crippen LogP contribution in [0.25, 0.3) is 5.69 Å². The summed E-state index contributed by atoms with van der Waals surface area (Å²) in [5.41, 5.74) is 7.67. The van der Waals surface area contributed by atoms with Crippen molar-refractivity contribution in [2.75, 3.05) is 5.73 Å². The minimum atomic E-state index is -0.103. The second-order valence-electron chi connectivity index (χ2n) is 5.31. The van der Waals surface area contributed by atoms with Gasteiger partial charge in [-0.15, -0.1) is 0 Å². The summed E-state index contributed by atoms with van der Waals surface area (Å²) in [4.78, 5) is 0. The average molecular weight is 363 g/mol. The number of nitrogens with two attached hydrogens (primary N) is 1. The van der Waals surface area contributed by atoms with Crippen molar-refractivity contribution in [2.24, 2.45) is 0 Å². The van der Waals surface area contributed by atoms with E-state index in [4.69, 9.17) is 28.9 Å². The summed E-state index contributed by atoms with van der Waals surface area (Å²) in [7, 11) is 0. The predicted octanol–water partition coefficient (Wildman–Crippen LogP) is 4.82. The lowest BCUT2D eigenvalue weighted by atomic mass is 9.92. The van der Waals surface area contributed by atoms with Gasteiger partial charge in [0.25, 0.3) is 0 Å². The Labute approximate surface area is 130 Å². The van der Waals surface area contributed by atoms with Gasteiger partial charge in [-0.05, 0) is 34.1 Å². The van der Waals surface area contributed by atoms with Gasteiger partial charge < -0.3 is 5.73 Å². The molecule has 0 saturated heterocycles. The number of nitrogens with zero attached hydrogens (tertiary/aromatic N) is 2. The molecule has 0 unspecified atom stereocenters. The lowest BCUT2D eigenvalue weighted by Gasteiger charge is -2.15. The molecular formula is C13H14BrCl2N3. The summed E-state index contributed by atoms with van der Waals surface area (Å²) in [6.07, 6.45) is 0. The highest BCUT2D eigenvalue weighted by atomic mass is 79.9. The van der Waals surface area contributed by atoms with Crippen LogP contribution in [0.3, 0.4) is 0 Å². The van der Waals surface area contributed by atoms with Crippen LogP contribution in [0, 0.1) is 0 Å². The molecule has 0 saturated carbocycles. The van der Waals surface area contributed by atoms with Crippen molar-refractivity contribution in [3.63, 3.8) is 0 Å². The van der Waals surface area contributed by atoms with Gasteiger partial charge in [-0.25, -0.2) is 4.68 Å². The molecule has 1 aromatic carbocycles. The van der Waals surface area contributed by atoms with Crippen molar-refractivity contribution in [1.82, 2.24) is 9.78 Å². The first-order chi connectivity index (χ1) is 8.71. The maximum absolute atomic E-state index is 6.10. The Hall–Kier alpha value is -0.710. The van der Waals surface area contributed by atoms with Crippen LogP contribution in [-0.4, -0.2) is 9.78 Å². The molecule has 19 heavy (non-hydrogen) atoms. The van der Waals surface area contributed by atoms with E-state index >= 15 is 0 Å². The van der Waals surface area contributed by atoms with Crippen molar-refractivity contribution in [3.05, 3.63) is 38.4 Å². The van der Waals surface area contributed by atoms with E-state index in [0.717, 1.165) is 15.9 Å². The summed E-state index contributed by atoms with van der Waals surface area (Å²) in [5, 5.41) is 5.55. The van der Waals surface area contributed by atoms with Crippen LogP contribution < -0.4 is 5.73 Å². The van der Waals surface area contributed by atoms with Crippen LogP contribution in [0.15, 0.2) is 22.7 Å². The summed E-state index contributed by atoms with van der Waals surface area (Å²) in [5.74, 6) is 0.545. The number of anilines is 1. The standard InChI is InChI=1S/C13H14BrCl2N3/c1-13(2,3)11-10(14)12(17)19(18-11)7-4-5-8(15)9(16)6-7/h4-6H,17H2,1-3H3.